The van der Waals surface area contributed by atoms with E-state index in [2.05, 4.69) is 10.3 Å². The molecule has 2 rings (SSSR count). The molecule has 2 heterocycles. The van der Waals surface area contributed by atoms with E-state index < -0.39 is 5.97 Å². The number of carboxylic acids is 1. The molecule has 17 heavy (non-hydrogen) atoms. The molecule has 0 aliphatic rings. The summed E-state index contributed by atoms with van der Waals surface area (Å²) < 4.78 is 5.38. The van der Waals surface area contributed by atoms with Crippen molar-refractivity contribution in [2.75, 3.05) is 5.32 Å². The maximum atomic E-state index is 10.7. The van der Waals surface area contributed by atoms with E-state index in [4.69, 9.17) is 9.52 Å². The van der Waals surface area contributed by atoms with Gasteiger partial charge < -0.3 is 14.8 Å². The van der Waals surface area contributed by atoms with Crippen molar-refractivity contribution in [3.63, 3.8) is 0 Å². The van der Waals surface area contributed by atoms with Crippen LogP contribution < -0.4 is 5.32 Å². The minimum Gasteiger partial charge on any atom is -0.477 e. The zero-order valence-corrected chi connectivity index (χ0v) is 9.30. The number of carboxylic acid groups (broad SMARTS) is 1. The third-order valence-electron chi connectivity index (χ3n) is 2.21. The van der Waals surface area contributed by atoms with Crippen molar-refractivity contribution in [2.45, 2.75) is 13.5 Å². The standard InChI is InChI=1S/C12H12N2O3/c1-8-5-6-9(17-8)7-13-11-4-2-3-10(14-11)12(15)16/h2-6H,7H2,1H3,(H,13,14)(H,15,16). The molecule has 0 aliphatic carbocycles. The summed E-state index contributed by atoms with van der Waals surface area (Å²) in [6.07, 6.45) is 0. The van der Waals surface area contributed by atoms with Gasteiger partial charge in [-0.05, 0) is 31.2 Å². The Labute approximate surface area is 98.1 Å². The SMILES string of the molecule is Cc1ccc(CNc2cccc(C(=O)O)n2)o1. The first kappa shape index (κ1) is 11.2. The Morgan fingerprint density at radius 2 is 2.24 bits per heavy atom. The number of anilines is 1. The van der Waals surface area contributed by atoms with E-state index in [1.165, 1.54) is 6.07 Å². The summed E-state index contributed by atoms with van der Waals surface area (Å²) in [6, 6.07) is 8.54. The monoisotopic (exact) mass is 232 g/mol. The van der Waals surface area contributed by atoms with E-state index in [1.807, 2.05) is 19.1 Å². The number of nitrogens with zero attached hydrogens (tertiary/aromatic N) is 1. The fourth-order valence-electron chi connectivity index (χ4n) is 1.41. The molecule has 0 saturated heterocycles. The van der Waals surface area contributed by atoms with E-state index in [0.29, 0.717) is 12.4 Å². The lowest BCUT2D eigenvalue weighted by atomic mass is 10.3. The normalized spacial score (nSPS) is 10.2. The number of nitrogens with one attached hydrogen (secondary N) is 1. The van der Waals surface area contributed by atoms with Crippen LogP contribution in [0.5, 0.6) is 0 Å². The minimum absolute atomic E-state index is 0.0191. The lowest BCUT2D eigenvalue weighted by Gasteiger charge is -2.03. The van der Waals surface area contributed by atoms with Crippen molar-refractivity contribution < 1.29 is 14.3 Å². The smallest absolute Gasteiger partial charge is 0.354 e. The molecule has 2 aromatic heterocycles. The highest BCUT2D eigenvalue weighted by Crippen LogP contribution is 2.10. The van der Waals surface area contributed by atoms with Crippen LogP contribution in [0.1, 0.15) is 22.0 Å². The van der Waals surface area contributed by atoms with Crippen molar-refractivity contribution >= 4 is 11.8 Å². The van der Waals surface area contributed by atoms with E-state index in [0.717, 1.165) is 11.5 Å². The molecule has 0 bridgehead atoms. The van der Waals surface area contributed by atoms with Gasteiger partial charge in [-0.15, -0.1) is 0 Å². The molecule has 0 saturated carbocycles. The van der Waals surface area contributed by atoms with Gasteiger partial charge in [-0.1, -0.05) is 6.07 Å². The maximum absolute atomic E-state index is 10.7. The summed E-state index contributed by atoms with van der Waals surface area (Å²) in [6.45, 7) is 2.34. The molecular weight excluding hydrogens is 220 g/mol. The summed E-state index contributed by atoms with van der Waals surface area (Å²) >= 11 is 0. The summed E-state index contributed by atoms with van der Waals surface area (Å²) in [5.74, 6) is 1.10. The van der Waals surface area contributed by atoms with E-state index >= 15 is 0 Å². The number of carbonyl (C=O) groups is 1. The van der Waals surface area contributed by atoms with Gasteiger partial charge in [0.15, 0.2) is 5.69 Å². The molecule has 0 fully saturated rings. The second kappa shape index (κ2) is 4.69. The molecule has 88 valence electrons. The predicted octanol–water partition coefficient (Wildman–Crippen LogP) is 2.29. The van der Waals surface area contributed by atoms with Gasteiger partial charge in [-0.3, -0.25) is 0 Å². The van der Waals surface area contributed by atoms with Crippen LogP contribution in [0.2, 0.25) is 0 Å². The minimum atomic E-state index is -1.04. The van der Waals surface area contributed by atoms with Crippen molar-refractivity contribution in [3.8, 4) is 0 Å². The molecular formula is C12H12N2O3. The first-order valence-electron chi connectivity index (χ1n) is 5.15. The average molecular weight is 232 g/mol. The second-order valence-electron chi connectivity index (χ2n) is 3.58. The molecule has 0 aliphatic heterocycles. The molecule has 0 spiro atoms. The molecule has 2 aromatic rings. The topological polar surface area (TPSA) is 75.4 Å². The third kappa shape index (κ3) is 2.84. The highest BCUT2D eigenvalue weighted by Gasteiger charge is 2.05. The van der Waals surface area contributed by atoms with Gasteiger partial charge in [-0.2, -0.15) is 0 Å². The average Bonchev–Trinajstić information content (AvgIpc) is 2.73. The molecule has 0 atom stereocenters. The number of aromatic carboxylic acids is 1. The second-order valence-corrected chi connectivity index (χ2v) is 3.58. The number of hydrogen-bond donors (Lipinski definition) is 2. The Hall–Kier alpha value is -2.30. The lowest BCUT2D eigenvalue weighted by Crippen LogP contribution is -2.05. The molecule has 0 unspecified atom stereocenters. The summed E-state index contributed by atoms with van der Waals surface area (Å²) in [4.78, 5) is 14.7. The molecule has 0 aromatic carbocycles. The third-order valence-corrected chi connectivity index (χ3v) is 2.21. The van der Waals surface area contributed by atoms with Crippen molar-refractivity contribution in [1.29, 1.82) is 0 Å². The van der Waals surface area contributed by atoms with Gasteiger partial charge in [0.1, 0.15) is 17.3 Å². The Balaban J connectivity index is 2.04. The van der Waals surface area contributed by atoms with Crippen LogP contribution in [-0.4, -0.2) is 16.1 Å². The maximum Gasteiger partial charge on any atom is 0.354 e. The molecule has 2 N–H and O–H groups in total. The van der Waals surface area contributed by atoms with Gasteiger partial charge in [-0.25, -0.2) is 9.78 Å². The zero-order valence-electron chi connectivity index (χ0n) is 9.30. The Kier molecular flexibility index (Phi) is 3.09. The fraction of sp³-hybridized carbons (Fsp3) is 0.167. The van der Waals surface area contributed by atoms with Crippen molar-refractivity contribution in [1.82, 2.24) is 4.98 Å². The first-order chi connectivity index (χ1) is 8.15. The van der Waals surface area contributed by atoms with Crippen molar-refractivity contribution in [2.24, 2.45) is 0 Å². The number of hydrogen-bond acceptors (Lipinski definition) is 4. The molecule has 0 radical (unpaired) electrons. The van der Waals surface area contributed by atoms with E-state index in [9.17, 15) is 4.79 Å². The van der Waals surface area contributed by atoms with Crippen LogP contribution >= 0.6 is 0 Å². The quantitative estimate of drug-likeness (QED) is 0.845. The number of aryl methyl sites for hydroxylation is 1. The zero-order chi connectivity index (χ0) is 12.3. The summed E-state index contributed by atoms with van der Waals surface area (Å²) in [7, 11) is 0. The lowest BCUT2D eigenvalue weighted by molar-refractivity contribution is 0.0690. The first-order valence-corrected chi connectivity index (χ1v) is 5.15. The van der Waals surface area contributed by atoms with Crippen LogP contribution in [0, 0.1) is 6.92 Å². The number of pyridine rings is 1. The number of furan rings is 1. The van der Waals surface area contributed by atoms with Gasteiger partial charge in [0.2, 0.25) is 0 Å². The highest BCUT2D eigenvalue weighted by atomic mass is 16.4. The van der Waals surface area contributed by atoms with Gasteiger partial charge >= 0.3 is 5.97 Å². The fourth-order valence-corrected chi connectivity index (χ4v) is 1.41. The number of rotatable bonds is 4. The van der Waals surface area contributed by atoms with E-state index in [-0.39, 0.29) is 5.69 Å². The van der Waals surface area contributed by atoms with Crippen LogP contribution in [0.25, 0.3) is 0 Å². The predicted molar refractivity (Wildman–Crippen MR) is 62.0 cm³/mol. The number of aromatic nitrogens is 1. The van der Waals surface area contributed by atoms with Crippen LogP contribution in [0.15, 0.2) is 34.7 Å². The van der Waals surface area contributed by atoms with Crippen LogP contribution in [0.3, 0.4) is 0 Å². The summed E-state index contributed by atoms with van der Waals surface area (Å²) in [5.41, 5.74) is 0.0191. The van der Waals surface area contributed by atoms with Gasteiger partial charge in [0, 0.05) is 0 Å². The highest BCUT2D eigenvalue weighted by molar-refractivity contribution is 5.85. The summed E-state index contributed by atoms with van der Waals surface area (Å²) in [5, 5.41) is 11.8. The Morgan fingerprint density at radius 1 is 1.41 bits per heavy atom. The molecule has 0 amide bonds. The van der Waals surface area contributed by atoms with E-state index in [1.54, 1.807) is 12.1 Å². The molecule has 5 heteroatoms. The Morgan fingerprint density at radius 3 is 2.88 bits per heavy atom. The molecule has 5 nitrogen and oxygen atoms in total. The van der Waals surface area contributed by atoms with Gasteiger partial charge in [0.05, 0.1) is 6.54 Å². The van der Waals surface area contributed by atoms with Crippen molar-refractivity contribution in [3.05, 3.63) is 47.5 Å². The van der Waals surface area contributed by atoms with Crippen LogP contribution in [0.4, 0.5) is 5.82 Å². The van der Waals surface area contributed by atoms with Gasteiger partial charge in [0.25, 0.3) is 0 Å². The van der Waals surface area contributed by atoms with Crippen LogP contribution in [-0.2, 0) is 6.54 Å². The Bertz CT molecular complexity index is 534. The largest absolute Gasteiger partial charge is 0.477 e.